The maximum absolute atomic E-state index is 8.35. The quantitative estimate of drug-likeness (QED) is 0.396. The van der Waals surface area contributed by atoms with Gasteiger partial charge in [0.1, 0.15) is 0 Å². The first-order chi connectivity index (χ1) is 2.83. The van der Waals surface area contributed by atoms with Gasteiger partial charge < -0.3 is 0 Å². The monoisotopic (exact) mass is 246 g/mol. The third-order valence-electron chi connectivity index (χ3n) is 0. The van der Waals surface area contributed by atoms with Crippen molar-refractivity contribution in [2.45, 2.75) is 74.3 Å². The molecule has 0 aromatic heterocycles. The molecule has 0 aliphatic carbocycles. The second-order valence-electron chi connectivity index (χ2n) is 0.204. The molecule has 0 saturated heterocycles. The van der Waals surface area contributed by atoms with Crippen LogP contribution >= 0.6 is 0 Å². The zero-order valence-corrected chi connectivity index (χ0v) is 2.82. The molecule has 0 unspecified atom stereocenters. The SMILES string of the molecule is C.C.C.C.C.C.C.C.C.C.N=C=O.N=C=O. The summed E-state index contributed by atoms with van der Waals surface area (Å²) in [6.07, 6.45) is 1.50. The van der Waals surface area contributed by atoms with Crippen molar-refractivity contribution in [3.05, 3.63) is 0 Å². The van der Waals surface area contributed by atoms with Gasteiger partial charge in [0.25, 0.3) is 0 Å². The van der Waals surface area contributed by atoms with Crippen molar-refractivity contribution in [1.29, 1.82) is 10.8 Å². The molecule has 16 heavy (non-hydrogen) atoms. The zero-order valence-electron chi connectivity index (χ0n) is 2.82. The Labute approximate surface area is 108 Å². The first-order valence-electron chi connectivity index (χ1n) is 0.908. The van der Waals surface area contributed by atoms with Crippen LogP contribution in [0.3, 0.4) is 0 Å². The number of hydrogen-bond donors (Lipinski definition) is 2. The lowest BCUT2D eigenvalue weighted by Crippen LogP contribution is -1.16. The van der Waals surface area contributed by atoms with E-state index in [0.29, 0.717) is 0 Å². The summed E-state index contributed by atoms with van der Waals surface area (Å²) in [5, 5.41) is 10.8. The molecule has 0 spiro atoms. The molecule has 0 amide bonds. The molecule has 4 heteroatoms. The van der Waals surface area contributed by atoms with Crippen LogP contribution in [0.5, 0.6) is 0 Å². The van der Waals surface area contributed by atoms with Crippen molar-refractivity contribution in [3.8, 4) is 0 Å². The van der Waals surface area contributed by atoms with Gasteiger partial charge >= 0.3 is 0 Å². The number of hydrogen-bond acceptors (Lipinski definition) is 4. The van der Waals surface area contributed by atoms with E-state index in [4.69, 9.17) is 20.4 Å². The predicted octanol–water partition coefficient (Wildman–Crippen LogP) is 6.16. The molecule has 0 aromatic rings. The molecule has 2 N–H and O–H groups in total. The fourth-order valence-electron chi connectivity index (χ4n) is 0. The lowest BCUT2D eigenvalue weighted by atomic mass is 11.7. The summed E-state index contributed by atoms with van der Waals surface area (Å²) in [6.45, 7) is 0. The van der Waals surface area contributed by atoms with E-state index in [1.54, 1.807) is 0 Å². The lowest BCUT2D eigenvalue weighted by molar-refractivity contribution is 0.562. The summed E-state index contributed by atoms with van der Waals surface area (Å²) in [6, 6.07) is 0. The minimum atomic E-state index is 0. The molecule has 0 fully saturated rings. The minimum Gasteiger partial charge on any atom is -0.222 e. The Balaban J connectivity index is -0.00000000123. The van der Waals surface area contributed by atoms with Crippen LogP contribution < -0.4 is 0 Å². The molecule has 0 aliphatic heterocycles. The van der Waals surface area contributed by atoms with Crippen LogP contribution in [0, 0.1) is 10.8 Å². The number of isocyanates is 2. The largest absolute Gasteiger partial charge is 0.231 e. The van der Waals surface area contributed by atoms with E-state index in [0.717, 1.165) is 12.2 Å². The highest BCUT2D eigenvalue weighted by atomic mass is 16.1. The number of nitrogens with one attached hydrogen (secondary N) is 2. The molecular formula is C12H42N2O2. The Morgan fingerprint density at radius 2 is 0.438 bits per heavy atom. The summed E-state index contributed by atoms with van der Waals surface area (Å²) in [7, 11) is 0. The van der Waals surface area contributed by atoms with E-state index in [-0.39, 0.29) is 74.3 Å². The second-order valence-corrected chi connectivity index (χ2v) is 0.204. The van der Waals surface area contributed by atoms with Gasteiger partial charge in [0.15, 0.2) is 0 Å². The summed E-state index contributed by atoms with van der Waals surface area (Å²) < 4.78 is 0. The van der Waals surface area contributed by atoms with Gasteiger partial charge in [-0.1, -0.05) is 74.3 Å². The molecule has 0 atom stereocenters. The van der Waals surface area contributed by atoms with Crippen molar-refractivity contribution >= 4 is 12.2 Å². The van der Waals surface area contributed by atoms with E-state index in [1.807, 2.05) is 0 Å². The van der Waals surface area contributed by atoms with Crippen LogP contribution in [0.1, 0.15) is 74.3 Å². The fraction of sp³-hybridized carbons (Fsp3) is 0.833. The van der Waals surface area contributed by atoms with Gasteiger partial charge in [-0.05, 0) is 0 Å². The van der Waals surface area contributed by atoms with Gasteiger partial charge in [-0.3, -0.25) is 0 Å². The van der Waals surface area contributed by atoms with E-state index < -0.39 is 0 Å². The molecule has 0 heterocycles. The average Bonchev–Trinajstić information content (AvgIpc) is 1.39. The number of carbonyl (C=O) groups excluding carboxylic acids is 2. The Morgan fingerprint density at radius 1 is 0.438 bits per heavy atom. The van der Waals surface area contributed by atoms with Crippen molar-refractivity contribution < 1.29 is 9.59 Å². The molecule has 0 aliphatic rings. The highest BCUT2D eigenvalue weighted by Crippen LogP contribution is 0.871. The second kappa shape index (κ2) is 3880. The van der Waals surface area contributed by atoms with Gasteiger partial charge in [0.05, 0.1) is 0 Å². The molecule has 0 aromatic carbocycles. The van der Waals surface area contributed by atoms with Gasteiger partial charge in [-0.2, -0.15) is 0 Å². The Kier molecular flexibility index (Phi) is 88900. The van der Waals surface area contributed by atoms with Crippen LogP contribution in [0.4, 0.5) is 0 Å². The highest BCUT2D eigenvalue weighted by molar-refractivity contribution is 5.26. The van der Waals surface area contributed by atoms with E-state index >= 15 is 0 Å². The van der Waals surface area contributed by atoms with Crippen molar-refractivity contribution in [2.75, 3.05) is 0 Å². The molecule has 112 valence electrons. The standard InChI is InChI=1S/2CHNO.10CH4/c2*2-1-3;;;;;;;;;;/h2*2H;10*1H4. The Morgan fingerprint density at radius 3 is 0.438 bits per heavy atom. The predicted molar refractivity (Wildman–Crippen MR) is 84.1 cm³/mol. The van der Waals surface area contributed by atoms with E-state index in [2.05, 4.69) is 0 Å². The molecule has 4 nitrogen and oxygen atoms in total. The van der Waals surface area contributed by atoms with Gasteiger partial charge in [0, 0.05) is 0 Å². The molecule has 0 saturated carbocycles. The van der Waals surface area contributed by atoms with Crippen molar-refractivity contribution in [2.24, 2.45) is 0 Å². The maximum atomic E-state index is 8.35. The first-order valence-corrected chi connectivity index (χ1v) is 0.908. The summed E-state index contributed by atoms with van der Waals surface area (Å²) in [5.74, 6) is 0. The van der Waals surface area contributed by atoms with E-state index in [9.17, 15) is 0 Å². The minimum absolute atomic E-state index is 0. The third-order valence-corrected chi connectivity index (χ3v) is 0. The van der Waals surface area contributed by atoms with Crippen LogP contribution in [0.15, 0.2) is 0 Å². The number of rotatable bonds is 0. The Hall–Kier alpha value is -1.24. The molecule has 0 bridgehead atoms. The maximum Gasteiger partial charge on any atom is 0.231 e. The van der Waals surface area contributed by atoms with Gasteiger partial charge in [0.2, 0.25) is 12.2 Å². The fourth-order valence-corrected chi connectivity index (χ4v) is 0. The summed E-state index contributed by atoms with van der Waals surface area (Å²) in [4.78, 5) is 16.7. The van der Waals surface area contributed by atoms with Crippen LogP contribution in [0.2, 0.25) is 0 Å². The summed E-state index contributed by atoms with van der Waals surface area (Å²) in [5.41, 5.74) is 0. The summed E-state index contributed by atoms with van der Waals surface area (Å²) >= 11 is 0. The normalized spacial score (nSPS) is 1.00. The topological polar surface area (TPSA) is 81.8 Å². The van der Waals surface area contributed by atoms with E-state index in [1.165, 1.54) is 0 Å². The smallest absolute Gasteiger partial charge is 0.222 e. The van der Waals surface area contributed by atoms with Crippen LogP contribution in [-0.2, 0) is 9.59 Å². The lowest BCUT2D eigenvalue weighted by Gasteiger charge is -1.02. The van der Waals surface area contributed by atoms with Crippen LogP contribution in [-0.4, -0.2) is 12.2 Å². The average molecular weight is 246 g/mol. The third kappa shape index (κ3) is 1150. The Bertz CT molecular complexity index is 71.0. The molecule has 0 rings (SSSR count). The zero-order chi connectivity index (χ0) is 5.41. The highest BCUT2D eigenvalue weighted by Gasteiger charge is 1.04. The first kappa shape index (κ1) is 367. The van der Waals surface area contributed by atoms with Crippen molar-refractivity contribution in [3.63, 3.8) is 0 Å². The van der Waals surface area contributed by atoms with Crippen molar-refractivity contribution in [1.82, 2.24) is 0 Å². The molecule has 0 radical (unpaired) electrons. The van der Waals surface area contributed by atoms with Crippen LogP contribution in [0.25, 0.3) is 0 Å². The van der Waals surface area contributed by atoms with Gasteiger partial charge in [-0.15, -0.1) is 0 Å². The molecular weight excluding hydrogens is 204 g/mol. The van der Waals surface area contributed by atoms with Gasteiger partial charge in [-0.25, -0.2) is 20.4 Å².